The molecule has 0 amide bonds. The van der Waals surface area contributed by atoms with Crippen LogP contribution in [0.5, 0.6) is 0 Å². The summed E-state index contributed by atoms with van der Waals surface area (Å²) in [6.07, 6.45) is -1.05. The van der Waals surface area contributed by atoms with Gasteiger partial charge in [0.15, 0.2) is 5.78 Å². The van der Waals surface area contributed by atoms with Crippen molar-refractivity contribution < 1.29 is 27.5 Å². The van der Waals surface area contributed by atoms with Crippen LogP contribution in [0.2, 0.25) is 0 Å². The first-order chi connectivity index (χ1) is 11.8. The summed E-state index contributed by atoms with van der Waals surface area (Å²) >= 11 is 0. The van der Waals surface area contributed by atoms with Crippen molar-refractivity contribution >= 4 is 11.8 Å². The van der Waals surface area contributed by atoms with Gasteiger partial charge in [0.25, 0.3) is 0 Å². The van der Waals surface area contributed by atoms with Gasteiger partial charge in [-0.2, -0.15) is 8.78 Å². The molecule has 1 atom stereocenters. The van der Waals surface area contributed by atoms with Crippen molar-refractivity contribution in [2.24, 2.45) is 0 Å². The van der Waals surface area contributed by atoms with Gasteiger partial charge in [-0.05, 0) is 24.6 Å². The summed E-state index contributed by atoms with van der Waals surface area (Å²) < 4.78 is 45.9. The summed E-state index contributed by atoms with van der Waals surface area (Å²) in [5.41, 5.74) is 0.440. The minimum Gasteiger partial charge on any atom is -0.462 e. The highest BCUT2D eigenvalue weighted by Crippen LogP contribution is 2.34. The van der Waals surface area contributed by atoms with Gasteiger partial charge in [0.05, 0.1) is 12.5 Å². The lowest BCUT2D eigenvalue weighted by Crippen LogP contribution is -2.34. The van der Waals surface area contributed by atoms with Crippen LogP contribution in [0.3, 0.4) is 0 Å². The number of hydrogen-bond acceptors (Lipinski definition) is 3. The molecular weight excluding hydrogens is 333 g/mol. The lowest BCUT2D eigenvalue weighted by Gasteiger charge is -2.22. The number of alkyl halides is 2. The van der Waals surface area contributed by atoms with Crippen molar-refractivity contribution in [3.05, 3.63) is 71.5 Å². The number of esters is 1. The number of benzene rings is 2. The van der Waals surface area contributed by atoms with E-state index in [0.717, 1.165) is 12.1 Å². The number of Topliss-reactive ketones (excluding diaryl/α,β-unsaturated/α-hetero) is 1. The highest BCUT2D eigenvalue weighted by atomic mass is 19.3. The Kier molecular flexibility index (Phi) is 5.96. The van der Waals surface area contributed by atoms with E-state index in [4.69, 9.17) is 0 Å². The first kappa shape index (κ1) is 18.7. The Bertz CT molecular complexity index is 727. The van der Waals surface area contributed by atoms with Gasteiger partial charge in [-0.15, -0.1) is 0 Å². The summed E-state index contributed by atoms with van der Waals surface area (Å²) in [5.74, 6) is -7.94. The second-order valence-electron chi connectivity index (χ2n) is 5.46. The summed E-state index contributed by atoms with van der Waals surface area (Å²) in [6, 6.07) is 12.6. The van der Waals surface area contributed by atoms with E-state index >= 15 is 0 Å². The van der Waals surface area contributed by atoms with E-state index in [2.05, 4.69) is 4.74 Å². The van der Waals surface area contributed by atoms with Crippen LogP contribution in [0.15, 0.2) is 54.6 Å². The number of carbonyl (C=O) groups excluding carboxylic acids is 2. The third-order valence-corrected chi connectivity index (χ3v) is 3.68. The van der Waals surface area contributed by atoms with Crippen LogP contribution in [0, 0.1) is 5.82 Å². The summed E-state index contributed by atoms with van der Waals surface area (Å²) in [5, 5.41) is 0. The number of rotatable bonds is 7. The number of halogens is 3. The molecule has 25 heavy (non-hydrogen) atoms. The molecule has 0 aliphatic carbocycles. The third kappa shape index (κ3) is 4.68. The second kappa shape index (κ2) is 7.96. The maximum Gasteiger partial charge on any atom is 0.377 e. The molecular formula is C19H17F3O3. The highest BCUT2D eigenvalue weighted by Gasteiger charge is 2.44. The minimum atomic E-state index is -3.83. The molecule has 6 heteroatoms. The van der Waals surface area contributed by atoms with Crippen molar-refractivity contribution in [2.45, 2.75) is 25.2 Å². The lowest BCUT2D eigenvalue weighted by atomic mass is 9.86. The zero-order valence-electron chi connectivity index (χ0n) is 13.5. The van der Waals surface area contributed by atoms with Crippen LogP contribution in [0.1, 0.15) is 35.2 Å². The Labute approximate surface area is 143 Å². The molecule has 0 radical (unpaired) electrons. The highest BCUT2D eigenvalue weighted by molar-refractivity contribution is 6.01. The average molecular weight is 350 g/mol. The molecule has 1 unspecified atom stereocenters. The molecule has 3 nitrogen and oxygen atoms in total. The minimum absolute atomic E-state index is 0.192. The molecule has 2 aromatic carbocycles. The Hall–Kier alpha value is -2.63. The van der Waals surface area contributed by atoms with Crippen LogP contribution >= 0.6 is 0 Å². The van der Waals surface area contributed by atoms with E-state index in [0.29, 0.717) is 0 Å². The van der Waals surface area contributed by atoms with E-state index in [9.17, 15) is 22.8 Å². The third-order valence-electron chi connectivity index (χ3n) is 3.68. The fraction of sp³-hybridized carbons (Fsp3) is 0.263. The van der Waals surface area contributed by atoms with Gasteiger partial charge < -0.3 is 4.74 Å². The maximum absolute atomic E-state index is 14.2. The zero-order chi connectivity index (χ0) is 18.4. The Morgan fingerprint density at radius 3 is 2.20 bits per heavy atom. The number of ether oxygens (including phenoxy) is 1. The Morgan fingerprint density at radius 1 is 1.04 bits per heavy atom. The molecule has 0 N–H and O–H groups in total. The van der Waals surface area contributed by atoms with Crippen molar-refractivity contribution in [1.82, 2.24) is 0 Å². The molecule has 0 fully saturated rings. The van der Waals surface area contributed by atoms with Crippen molar-refractivity contribution in [3.8, 4) is 0 Å². The SMILES string of the molecule is CCOC(=O)C(F)(F)CC(C(=O)c1ccccc1)c1ccc(F)cc1. The molecule has 2 aromatic rings. The number of carbonyl (C=O) groups is 2. The standard InChI is InChI=1S/C19H17F3O3/c1-2-25-18(24)19(21,22)12-16(13-8-10-15(20)11-9-13)17(23)14-6-4-3-5-7-14/h3-11,16H,2,12H2,1H3. The predicted molar refractivity (Wildman–Crippen MR) is 86.1 cm³/mol. The topological polar surface area (TPSA) is 43.4 Å². The molecule has 0 saturated carbocycles. The van der Waals surface area contributed by atoms with Gasteiger partial charge in [-0.1, -0.05) is 42.5 Å². The van der Waals surface area contributed by atoms with Crippen LogP contribution in [0.4, 0.5) is 13.2 Å². The van der Waals surface area contributed by atoms with Crippen molar-refractivity contribution in [2.75, 3.05) is 6.61 Å². The van der Waals surface area contributed by atoms with E-state index in [1.165, 1.54) is 31.2 Å². The Morgan fingerprint density at radius 2 is 1.64 bits per heavy atom. The maximum atomic E-state index is 14.2. The molecule has 2 rings (SSSR count). The fourth-order valence-corrected chi connectivity index (χ4v) is 2.44. The van der Waals surface area contributed by atoms with Crippen molar-refractivity contribution in [3.63, 3.8) is 0 Å². The smallest absolute Gasteiger partial charge is 0.377 e. The summed E-state index contributed by atoms with van der Waals surface area (Å²) in [7, 11) is 0. The summed E-state index contributed by atoms with van der Waals surface area (Å²) in [6.45, 7) is 1.23. The Balaban J connectivity index is 2.37. The number of ketones is 1. The first-order valence-corrected chi connectivity index (χ1v) is 7.75. The largest absolute Gasteiger partial charge is 0.462 e. The van der Waals surface area contributed by atoms with Crippen LogP contribution in [0.25, 0.3) is 0 Å². The fourth-order valence-electron chi connectivity index (χ4n) is 2.44. The van der Waals surface area contributed by atoms with Gasteiger partial charge in [-0.25, -0.2) is 9.18 Å². The molecule has 0 aliphatic heterocycles. The van der Waals surface area contributed by atoms with E-state index in [-0.39, 0.29) is 17.7 Å². The average Bonchev–Trinajstić information content (AvgIpc) is 2.61. The van der Waals surface area contributed by atoms with E-state index in [1.807, 2.05) is 0 Å². The van der Waals surface area contributed by atoms with Crippen LogP contribution in [-0.4, -0.2) is 24.3 Å². The molecule has 0 aliphatic rings. The van der Waals surface area contributed by atoms with Gasteiger partial charge in [0, 0.05) is 12.0 Å². The van der Waals surface area contributed by atoms with Gasteiger partial charge in [-0.3, -0.25) is 4.79 Å². The van der Waals surface area contributed by atoms with Crippen LogP contribution in [-0.2, 0) is 9.53 Å². The quantitative estimate of drug-likeness (QED) is 0.550. The number of hydrogen-bond donors (Lipinski definition) is 0. The van der Waals surface area contributed by atoms with Gasteiger partial charge in [0.1, 0.15) is 5.82 Å². The normalized spacial score (nSPS) is 12.5. The first-order valence-electron chi connectivity index (χ1n) is 7.75. The van der Waals surface area contributed by atoms with E-state index in [1.54, 1.807) is 18.2 Å². The second-order valence-corrected chi connectivity index (χ2v) is 5.46. The van der Waals surface area contributed by atoms with Crippen molar-refractivity contribution in [1.29, 1.82) is 0 Å². The van der Waals surface area contributed by atoms with Crippen LogP contribution < -0.4 is 0 Å². The summed E-state index contributed by atoms with van der Waals surface area (Å²) in [4.78, 5) is 24.2. The lowest BCUT2D eigenvalue weighted by molar-refractivity contribution is -0.172. The molecule has 0 bridgehead atoms. The van der Waals surface area contributed by atoms with E-state index < -0.39 is 35.8 Å². The molecule has 0 heterocycles. The zero-order valence-corrected chi connectivity index (χ0v) is 13.5. The van der Waals surface area contributed by atoms with Gasteiger partial charge in [0.2, 0.25) is 0 Å². The molecule has 132 valence electrons. The molecule has 0 saturated heterocycles. The molecule has 0 aromatic heterocycles. The predicted octanol–water partition coefficient (Wildman–Crippen LogP) is 4.38. The monoisotopic (exact) mass is 350 g/mol. The van der Waals surface area contributed by atoms with Gasteiger partial charge >= 0.3 is 11.9 Å². The molecule has 0 spiro atoms.